The minimum atomic E-state index is 0.206. The molecule has 1 heterocycles. The van der Waals surface area contributed by atoms with Crippen molar-refractivity contribution in [1.29, 1.82) is 0 Å². The second-order valence-corrected chi connectivity index (χ2v) is 6.23. The topological polar surface area (TPSA) is 57.5 Å². The van der Waals surface area contributed by atoms with Crippen molar-refractivity contribution in [1.82, 2.24) is 25.3 Å². The number of nitrogens with one attached hydrogen (secondary N) is 2. The Morgan fingerprint density at radius 3 is 2.67 bits per heavy atom. The minimum absolute atomic E-state index is 0.206. The zero-order valence-corrected chi connectivity index (χ0v) is 15.4. The van der Waals surface area contributed by atoms with Crippen LogP contribution >= 0.6 is 11.6 Å². The molecule has 0 fully saturated rings. The fourth-order valence-corrected chi connectivity index (χ4v) is 2.65. The second-order valence-electron chi connectivity index (χ2n) is 5.82. The summed E-state index contributed by atoms with van der Waals surface area (Å²) in [5.74, 6) is 0.741. The summed E-state index contributed by atoms with van der Waals surface area (Å²) in [6.45, 7) is 1.35. The van der Waals surface area contributed by atoms with Crippen molar-refractivity contribution in [3.05, 3.63) is 52.8 Å². The van der Waals surface area contributed by atoms with Gasteiger partial charge in [0.1, 0.15) is 0 Å². The van der Waals surface area contributed by atoms with E-state index in [1.807, 2.05) is 48.4 Å². The fourth-order valence-electron chi connectivity index (χ4n) is 2.45. The van der Waals surface area contributed by atoms with E-state index in [0.29, 0.717) is 6.54 Å². The number of aliphatic imine (C=N–C) groups is 1. The number of halogens is 1. The van der Waals surface area contributed by atoms with Gasteiger partial charge in [0.2, 0.25) is 0 Å². The van der Waals surface area contributed by atoms with Crippen LogP contribution in [0.25, 0.3) is 0 Å². The number of nitrogens with zero attached hydrogens (tertiary/aromatic N) is 4. The molecule has 0 saturated heterocycles. The molecule has 130 valence electrons. The molecule has 0 saturated carbocycles. The molecule has 0 aliphatic rings. The highest BCUT2D eigenvalue weighted by Crippen LogP contribution is 2.16. The molecule has 1 atom stereocenters. The lowest BCUT2D eigenvalue weighted by Gasteiger charge is -2.24. The number of hydrogen-bond donors (Lipinski definition) is 2. The normalized spacial score (nSPS) is 13.2. The summed E-state index contributed by atoms with van der Waals surface area (Å²) in [6.07, 6.45) is 3.93. The van der Waals surface area contributed by atoms with Crippen molar-refractivity contribution in [2.75, 3.05) is 27.7 Å². The van der Waals surface area contributed by atoms with E-state index in [0.717, 1.165) is 28.7 Å². The summed E-state index contributed by atoms with van der Waals surface area (Å²) in [5, 5.41) is 11.7. The molecule has 2 N–H and O–H groups in total. The lowest BCUT2D eigenvalue weighted by atomic mass is 10.1. The smallest absolute Gasteiger partial charge is 0.191 e. The number of rotatable bonds is 6. The summed E-state index contributed by atoms with van der Waals surface area (Å²) in [5.41, 5.74) is 2.20. The van der Waals surface area contributed by atoms with E-state index >= 15 is 0 Å². The molecule has 7 heteroatoms. The average molecular weight is 349 g/mol. The van der Waals surface area contributed by atoms with Gasteiger partial charge in [-0.2, -0.15) is 5.10 Å². The Hall–Kier alpha value is -2.05. The predicted octanol–water partition coefficient (Wildman–Crippen LogP) is 2.04. The highest BCUT2D eigenvalue weighted by atomic mass is 35.5. The molecule has 1 aromatic heterocycles. The third-order valence-corrected chi connectivity index (χ3v) is 4.19. The summed E-state index contributed by atoms with van der Waals surface area (Å²) in [4.78, 5) is 6.43. The Kier molecular flexibility index (Phi) is 6.63. The van der Waals surface area contributed by atoms with E-state index < -0.39 is 0 Å². The monoisotopic (exact) mass is 348 g/mol. The Labute approximate surface area is 148 Å². The number of aryl methyl sites for hydroxylation is 1. The van der Waals surface area contributed by atoms with Gasteiger partial charge in [-0.05, 0) is 25.7 Å². The van der Waals surface area contributed by atoms with Gasteiger partial charge in [0.25, 0.3) is 0 Å². The maximum Gasteiger partial charge on any atom is 0.191 e. The molecule has 2 aromatic rings. The first kappa shape index (κ1) is 18.3. The van der Waals surface area contributed by atoms with Crippen LogP contribution < -0.4 is 10.6 Å². The van der Waals surface area contributed by atoms with Crippen LogP contribution in [-0.2, 0) is 13.6 Å². The molecular weight excluding hydrogens is 324 g/mol. The number of benzene rings is 1. The first-order valence-electron chi connectivity index (χ1n) is 7.84. The standard InChI is InChI=1S/C17H25ClN6/c1-19-17(20-9-13-7-5-6-8-15(13)18)21-11-16(23(2)3)14-10-22-24(4)12-14/h5-8,10,12,16H,9,11H2,1-4H3,(H2,19,20,21). The van der Waals surface area contributed by atoms with Gasteiger partial charge in [0.05, 0.1) is 12.2 Å². The maximum atomic E-state index is 6.19. The third kappa shape index (κ3) is 4.97. The summed E-state index contributed by atoms with van der Waals surface area (Å²) in [6, 6.07) is 8.00. The van der Waals surface area contributed by atoms with Crippen LogP contribution in [0.4, 0.5) is 0 Å². The molecule has 2 rings (SSSR count). The zero-order valence-electron chi connectivity index (χ0n) is 14.6. The van der Waals surface area contributed by atoms with E-state index in [2.05, 4.69) is 39.7 Å². The lowest BCUT2D eigenvalue weighted by Crippen LogP contribution is -2.41. The Bertz CT molecular complexity index is 679. The molecule has 0 aliphatic heterocycles. The molecular formula is C17H25ClN6. The molecule has 0 aliphatic carbocycles. The van der Waals surface area contributed by atoms with Gasteiger partial charge < -0.3 is 15.5 Å². The van der Waals surface area contributed by atoms with E-state index in [4.69, 9.17) is 11.6 Å². The third-order valence-electron chi connectivity index (χ3n) is 3.82. The van der Waals surface area contributed by atoms with Gasteiger partial charge in [-0.15, -0.1) is 0 Å². The number of guanidine groups is 1. The van der Waals surface area contributed by atoms with Crippen molar-refractivity contribution in [2.24, 2.45) is 12.0 Å². The van der Waals surface area contributed by atoms with E-state index in [-0.39, 0.29) is 6.04 Å². The predicted molar refractivity (Wildman–Crippen MR) is 99.3 cm³/mol. The van der Waals surface area contributed by atoms with Crippen LogP contribution in [0.3, 0.4) is 0 Å². The lowest BCUT2D eigenvalue weighted by molar-refractivity contribution is 0.298. The SMILES string of the molecule is CN=C(NCc1ccccc1Cl)NCC(c1cnn(C)c1)N(C)C. The average Bonchev–Trinajstić information content (AvgIpc) is 2.98. The highest BCUT2D eigenvalue weighted by Gasteiger charge is 2.16. The summed E-state index contributed by atoms with van der Waals surface area (Å²) >= 11 is 6.19. The Morgan fingerprint density at radius 1 is 1.33 bits per heavy atom. The second kappa shape index (κ2) is 8.70. The zero-order chi connectivity index (χ0) is 17.5. The van der Waals surface area contributed by atoms with E-state index in [9.17, 15) is 0 Å². The number of hydrogen-bond acceptors (Lipinski definition) is 3. The molecule has 1 unspecified atom stereocenters. The highest BCUT2D eigenvalue weighted by molar-refractivity contribution is 6.31. The van der Waals surface area contributed by atoms with Crippen LogP contribution in [0.1, 0.15) is 17.2 Å². The first-order chi connectivity index (χ1) is 11.5. The van der Waals surface area contributed by atoms with Crippen LogP contribution in [0.2, 0.25) is 5.02 Å². The fraction of sp³-hybridized carbons (Fsp3) is 0.412. The first-order valence-corrected chi connectivity index (χ1v) is 8.22. The van der Waals surface area contributed by atoms with Crippen LogP contribution in [0.15, 0.2) is 41.7 Å². The number of aromatic nitrogens is 2. The van der Waals surface area contributed by atoms with Crippen molar-refractivity contribution in [3.8, 4) is 0 Å². The summed E-state index contributed by atoms with van der Waals surface area (Å²) < 4.78 is 1.82. The largest absolute Gasteiger partial charge is 0.354 e. The molecule has 1 aromatic carbocycles. The van der Waals surface area contributed by atoms with E-state index in [1.54, 1.807) is 7.05 Å². The van der Waals surface area contributed by atoms with Crippen molar-refractivity contribution in [3.63, 3.8) is 0 Å². The Balaban J connectivity index is 1.93. The van der Waals surface area contributed by atoms with Gasteiger partial charge in [0.15, 0.2) is 5.96 Å². The van der Waals surface area contributed by atoms with Crippen molar-refractivity contribution in [2.45, 2.75) is 12.6 Å². The molecule has 24 heavy (non-hydrogen) atoms. The molecule has 0 radical (unpaired) electrons. The Morgan fingerprint density at radius 2 is 2.08 bits per heavy atom. The van der Waals surface area contributed by atoms with Gasteiger partial charge >= 0.3 is 0 Å². The summed E-state index contributed by atoms with van der Waals surface area (Å²) in [7, 11) is 7.79. The van der Waals surface area contributed by atoms with Gasteiger partial charge in [-0.1, -0.05) is 29.8 Å². The number of likely N-dealkylation sites (N-methyl/N-ethyl adjacent to an activating group) is 1. The molecule has 0 amide bonds. The molecule has 0 bridgehead atoms. The quantitative estimate of drug-likeness (QED) is 0.619. The van der Waals surface area contributed by atoms with Gasteiger partial charge in [0, 0.05) is 44.0 Å². The maximum absolute atomic E-state index is 6.19. The van der Waals surface area contributed by atoms with Crippen LogP contribution in [0.5, 0.6) is 0 Å². The van der Waals surface area contributed by atoms with Crippen LogP contribution in [-0.4, -0.2) is 48.3 Å². The van der Waals surface area contributed by atoms with Crippen molar-refractivity contribution < 1.29 is 0 Å². The van der Waals surface area contributed by atoms with Crippen molar-refractivity contribution >= 4 is 17.6 Å². The molecule has 0 spiro atoms. The van der Waals surface area contributed by atoms with Crippen LogP contribution in [0, 0.1) is 0 Å². The minimum Gasteiger partial charge on any atom is -0.354 e. The van der Waals surface area contributed by atoms with Gasteiger partial charge in [-0.25, -0.2) is 0 Å². The van der Waals surface area contributed by atoms with E-state index in [1.165, 1.54) is 0 Å². The molecule has 6 nitrogen and oxygen atoms in total. The van der Waals surface area contributed by atoms with Gasteiger partial charge in [-0.3, -0.25) is 9.67 Å².